The first-order valence-corrected chi connectivity index (χ1v) is 7.50. The van der Waals surface area contributed by atoms with Crippen LogP contribution in [0, 0.1) is 22.7 Å². The molecule has 6 nitrogen and oxygen atoms in total. The fraction of sp³-hybridized carbons (Fsp3) is 0.188. The van der Waals surface area contributed by atoms with Crippen LogP contribution in [0.2, 0.25) is 0 Å². The van der Waals surface area contributed by atoms with Gasteiger partial charge in [0.25, 0.3) is 5.56 Å². The van der Waals surface area contributed by atoms with E-state index >= 15 is 0 Å². The Kier molecular flexibility index (Phi) is 4.73. The van der Waals surface area contributed by atoms with E-state index in [4.69, 9.17) is 10.5 Å². The molecule has 2 rings (SSSR count). The summed E-state index contributed by atoms with van der Waals surface area (Å²) in [7, 11) is 0. The monoisotopic (exact) mass is 372 g/mol. The largest absolute Gasteiger partial charge is 0.490 e. The second-order valence-electron chi connectivity index (χ2n) is 5.03. The summed E-state index contributed by atoms with van der Waals surface area (Å²) in [5.74, 6) is 0.559. The van der Waals surface area contributed by atoms with Crippen molar-refractivity contribution in [1.82, 2.24) is 4.98 Å². The van der Waals surface area contributed by atoms with Crippen LogP contribution in [-0.4, -0.2) is 11.1 Å². The van der Waals surface area contributed by atoms with Crippen molar-refractivity contribution in [1.29, 1.82) is 10.5 Å². The second kappa shape index (κ2) is 6.55. The number of nitrogens with one attached hydrogen (secondary N) is 1. The molecule has 0 aliphatic carbocycles. The zero-order chi connectivity index (χ0) is 17.1. The third-order valence-electron chi connectivity index (χ3n) is 3.05. The maximum absolute atomic E-state index is 11.9. The Morgan fingerprint density at radius 3 is 2.43 bits per heavy atom. The first-order valence-electron chi connectivity index (χ1n) is 6.71. The van der Waals surface area contributed by atoms with E-state index in [0.717, 1.165) is 0 Å². The molecule has 0 bridgehead atoms. The first kappa shape index (κ1) is 16.6. The van der Waals surface area contributed by atoms with Gasteiger partial charge in [-0.1, -0.05) is 6.07 Å². The molecule has 0 spiro atoms. The number of aromatic amines is 1. The van der Waals surface area contributed by atoms with Crippen molar-refractivity contribution in [3.63, 3.8) is 0 Å². The second-order valence-corrected chi connectivity index (χ2v) is 5.88. The zero-order valence-electron chi connectivity index (χ0n) is 12.5. The molecule has 23 heavy (non-hydrogen) atoms. The number of anilines is 1. The summed E-state index contributed by atoms with van der Waals surface area (Å²) < 4.78 is 6.28. The molecule has 0 unspecified atom stereocenters. The number of aromatic nitrogens is 1. The molecule has 0 radical (unpaired) electrons. The van der Waals surface area contributed by atoms with Gasteiger partial charge in [-0.05, 0) is 47.5 Å². The minimum atomic E-state index is -0.627. The maximum Gasteiger partial charge on any atom is 0.268 e. The van der Waals surface area contributed by atoms with Crippen molar-refractivity contribution in [2.45, 2.75) is 20.0 Å². The highest BCUT2D eigenvalue weighted by Crippen LogP contribution is 2.34. The van der Waals surface area contributed by atoms with Crippen LogP contribution in [0.3, 0.4) is 0 Å². The molecule has 1 aromatic carbocycles. The molecule has 1 heterocycles. The van der Waals surface area contributed by atoms with E-state index in [1.54, 1.807) is 18.2 Å². The molecule has 0 fully saturated rings. The molecular weight excluding hydrogens is 360 g/mol. The molecule has 2 aromatic rings. The number of halogens is 1. The fourth-order valence-electron chi connectivity index (χ4n) is 2.14. The minimum absolute atomic E-state index is 0.00305. The molecule has 0 atom stereocenters. The normalized spacial score (nSPS) is 10.2. The Bertz CT molecular complexity index is 904. The van der Waals surface area contributed by atoms with Gasteiger partial charge in [0, 0.05) is 5.56 Å². The Hall–Kier alpha value is -2.77. The first-order chi connectivity index (χ1) is 10.9. The Labute approximate surface area is 141 Å². The van der Waals surface area contributed by atoms with Gasteiger partial charge in [0.1, 0.15) is 34.8 Å². The lowest BCUT2D eigenvalue weighted by atomic mass is 9.96. The van der Waals surface area contributed by atoms with Gasteiger partial charge in [0.15, 0.2) is 0 Å². The number of hydrogen-bond donors (Lipinski definition) is 2. The smallest absolute Gasteiger partial charge is 0.268 e. The standard InChI is InChI=1S/C16H13BrN4O2/c1-8(2)23-13-4-3-9(5-12(13)17)14-10(6-18)15(20)21-16(22)11(14)7-19/h3-5,8H,1-2H3,(H3,20,21,22). The van der Waals surface area contributed by atoms with E-state index in [1.807, 2.05) is 26.0 Å². The summed E-state index contributed by atoms with van der Waals surface area (Å²) in [5.41, 5.74) is 5.73. The van der Waals surface area contributed by atoms with Gasteiger partial charge in [-0.3, -0.25) is 4.79 Å². The van der Waals surface area contributed by atoms with Crippen LogP contribution >= 0.6 is 15.9 Å². The number of rotatable bonds is 3. The SMILES string of the molecule is CC(C)Oc1ccc(-c2c(C#N)c(N)[nH]c(=O)c2C#N)cc1Br. The minimum Gasteiger partial charge on any atom is -0.490 e. The fourth-order valence-corrected chi connectivity index (χ4v) is 2.61. The van der Waals surface area contributed by atoms with Gasteiger partial charge in [-0.15, -0.1) is 0 Å². The van der Waals surface area contributed by atoms with Gasteiger partial charge >= 0.3 is 0 Å². The molecule has 3 N–H and O–H groups in total. The summed E-state index contributed by atoms with van der Waals surface area (Å²) in [6.45, 7) is 3.80. The summed E-state index contributed by atoms with van der Waals surface area (Å²) in [6.07, 6.45) is -0.00305. The molecule has 0 aliphatic rings. The average molecular weight is 373 g/mol. The van der Waals surface area contributed by atoms with E-state index < -0.39 is 5.56 Å². The lowest BCUT2D eigenvalue weighted by Crippen LogP contribution is -2.16. The van der Waals surface area contributed by atoms with E-state index in [-0.39, 0.29) is 28.6 Å². The van der Waals surface area contributed by atoms with E-state index in [1.165, 1.54) is 0 Å². The maximum atomic E-state index is 11.9. The molecule has 0 aliphatic heterocycles. The quantitative estimate of drug-likeness (QED) is 0.858. The van der Waals surface area contributed by atoms with Crippen molar-refractivity contribution in [2.75, 3.05) is 5.73 Å². The number of hydrogen-bond acceptors (Lipinski definition) is 5. The molecule has 0 saturated heterocycles. The molecule has 7 heteroatoms. The van der Waals surface area contributed by atoms with E-state index in [9.17, 15) is 15.3 Å². The molecule has 116 valence electrons. The Morgan fingerprint density at radius 2 is 1.91 bits per heavy atom. The van der Waals surface area contributed by atoms with Gasteiger partial charge in [-0.25, -0.2) is 0 Å². The number of nitrogens with two attached hydrogens (primary N) is 1. The summed E-state index contributed by atoms with van der Waals surface area (Å²) in [4.78, 5) is 14.2. The summed E-state index contributed by atoms with van der Waals surface area (Å²) in [5, 5.41) is 18.6. The highest BCUT2D eigenvalue weighted by atomic mass is 79.9. The lowest BCUT2D eigenvalue weighted by molar-refractivity contribution is 0.241. The number of nitrogens with zero attached hydrogens (tertiary/aromatic N) is 2. The topological polar surface area (TPSA) is 116 Å². The van der Waals surface area contributed by atoms with Crippen LogP contribution in [-0.2, 0) is 0 Å². The van der Waals surface area contributed by atoms with E-state index in [2.05, 4.69) is 20.9 Å². The van der Waals surface area contributed by atoms with Crippen LogP contribution in [0.5, 0.6) is 5.75 Å². The van der Waals surface area contributed by atoms with Gasteiger partial charge in [-0.2, -0.15) is 10.5 Å². The molecule has 0 amide bonds. The van der Waals surface area contributed by atoms with E-state index in [0.29, 0.717) is 15.8 Å². The zero-order valence-corrected chi connectivity index (χ0v) is 14.1. The van der Waals surface area contributed by atoms with Crippen molar-refractivity contribution in [3.05, 3.63) is 44.2 Å². The highest BCUT2D eigenvalue weighted by molar-refractivity contribution is 9.10. The highest BCUT2D eigenvalue weighted by Gasteiger charge is 2.19. The van der Waals surface area contributed by atoms with Crippen molar-refractivity contribution >= 4 is 21.7 Å². The van der Waals surface area contributed by atoms with Crippen molar-refractivity contribution < 1.29 is 4.74 Å². The number of nitriles is 2. The van der Waals surface area contributed by atoms with Crippen molar-refractivity contribution in [2.24, 2.45) is 0 Å². The van der Waals surface area contributed by atoms with Crippen LogP contribution in [0.4, 0.5) is 5.82 Å². The van der Waals surface area contributed by atoms with Crippen LogP contribution in [0.1, 0.15) is 25.0 Å². The predicted octanol–water partition coefficient (Wildman–Crippen LogP) is 2.92. The Morgan fingerprint density at radius 1 is 1.26 bits per heavy atom. The van der Waals surface area contributed by atoms with Gasteiger partial charge in [0.2, 0.25) is 0 Å². The number of pyridine rings is 1. The molecule has 1 aromatic heterocycles. The van der Waals surface area contributed by atoms with Gasteiger partial charge < -0.3 is 15.5 Å². The van der Waals surface area contributed by atoms with Gasteiger partial charge in [0.05, 0.1) is 10.6 Å². The number of benzene rings is 1. The average Bonchev–Trinajstić information content (AvgIpc) is 2.48. The molecular formula is C16H13BrN4O2. The number of nitrogen functional groups attached to an aromatic ring is 1. The Balaban J connectivity index is 2.73. The number of H-pyrrole nitrogens is 1. The lowest BCUT2D eigenvalue weighted by Gasteiger charge is -2.14. The van der Waals surface area contributed by atoms with Crippen LogP contribution in [0.25, 0.3) is 11.1 Å². The third kappa shape index (κ3) is 3.20. The number of ether oxygens (including phenoxy) is 1. The summed E-state index contributed by atoms with van der Waals surface area (Å²) >= 11 is 3.39. The summed E-state index contributed by atoms with van der Waals surface area (Å²) in [6, 6.07) is 8.85. The third-order valence-corrected chi connectivity index (χ3v) is 3.67. The van der Waals surface area contributed by atoms with Crippen LogP contribution in [0.15, 0.2) is 27.5 Å². The molecule has 0 saturated carbocycles. The van der Waals surface area contributed by atoms with Crippen molar-refractivity contribution in [3.8, 4) is 29.0 Å². The van der Waals surface area contributed by atoms with Crippen LogP contribution < -0.4 is 16.0 Å². The predicted molar refractivity (Wildman–Crippen MR) is 89.8 cm³/mol.